The molecule has 2 rings (SSSR count). The fraction of sp³-hybridized carbons (Fsp3) is 0.143. The number of carbonyl (C=O) groups excluding carboxylic acids is 1. The molecule has 0 amide bonds. The van der Waals surface area contributed by atoms with Gasteiger partial charge in [-0.05, 0) is 31.2 Å². The average Bonchev–Trinajstić information content (AvgIpc) is 2.37. The van der Waals surface area contributed by atoms with Gasteiger partial charge in [0.1, 0.15) is 11.6 Å². The molecule has 1 unspecified atom stereocenters. The zero-order valence-electron chi connectivity index (χ0n) is 10.0. The van der Waals surface area contributed by atoms with Crippen molar-refractivity contribution in [1.29, 1.82) is 0 Å². The SMILES string of the molecule is CC(C(=O)c1c(F)cc(Br)cc1F)c1ccccn1. The van der Waals surface area contributed by atoms with Gasteiger partial charge in [-0.15, -0.1) is 0 Å². The van der Waals surface area contributed by atoms with Crippen molar-refractivity contribution in [2.45, 2.75) is 12.8 Å². The van der Waals surface area contributed by atoms with Crippen molar-refractivity contribution >= 4 is 21.7 Å². The third-order valence-electron chi connectivity index (χ3n) is 2.78. The van der Waals surface area contributed by atoms with Crippen molar-refractivity contribution in [3.8, 4) is 0 Å². The van der Waals surface area contributed by atoms with Crippen LogP contribution < -0.4 is 0 Å². The first-order valence-electron chi connectivity index (χ1n) is 5.60. The number of aromatic nitrogens is 1. The lowest BCUT2D eigenvalue weighted by Crippen LogP contribution is -2.14. The fourth-order valence-electron chi connectivity index (χ4n) is 1.76. The van der Waals surface area contributed by atoms with Gasteiger partial charge in [0.05, 0.1) is 17.2 Å². The maximum absolute atomic E-state index is 13.7. The Morgan fingerprint density at radius 1 is 1.26 bits per heavy atom. The van der Waals surface area contributed by atoms with E-state index in [1.165, 1.54) is 6.20 Å². The first-order chi connectivity index (χ1) is 9.00. The molecule has 0 aliphatic heterocycles. The average molecular weight is 326 g/mol. The predicted octanol–water partition coefficient (Wildman–Crippen LogP) is 4.11. The van der Waals surface area contributed by atoms with E-state index in [2.05, 4.69) is 20.9 Å². The minimum absolute atomic E-state index is 0.254. The molecule has 0 bridgehead atoms. The van der Waals surface area contributed by atoms with E-state index in [0.29, 0.717) is 5.69 Å². The number of hydrogen-bond acceptors (Lipinski definition) is 2. The topological polar surface area (TPSA) is 30.0 Å². The third-order valence-corrected chi connectivity index (χ3v) is 3.24. The number of rotatable bonds is 3. The molecule has 0 radical (unpaired) electrons. The van der Waals surface area contributed by atoms with Gasteiger partial charge in [-0.3, -0.25) is 9.78 Å². The normalized spacial score (nSPS) is 12.2. The van der Waals surface area contributed by atoms with E-state index in [-0.39, 0.29) is 4.47 Å². The van der Waals surface area contributed by atoms with Gasteiger partial charge in [-0.2, -0.15) is 0 Å². The van der Waals surface area contributed by atoms with E-state index in [1.807, 2.05) is 0 Å². The molecular weight excluding hydrogens is 316 g/mol. The van der Waals surface area contributed by atoms with Gasteiger partial charge in [0.25, 0.3) is 0 Å². The minimum Gasteiger partial charge on any atom is -0.293 e. The molecule has 0 N–H and O–H groups in total. The van der Waals surface area contributed by atoms with Gasteiger partial charge >= 0.3 is 0 Å². The number of carbonyl (C=O) groups is 1. The second-order valence-corrected chi connectivity index (χ2v) is 5.00. The van der Waals surface area contributed by atoms with Gasteiger partial charge in [0, 0.05) is 10.7 Å². The second kappa shape index (κ2) is 5.57. The van der Waals surface area contributed by atoms with Crippen molar-refractivity contribution in [2.24, 2.45) is 0 Å². The quantitative estimate of drug-likeness (QED) is 0.795. The number of Topliss-reactive ketones (excluding diaryl/α,β-unsaturated/α-hetero) is 1. The molecule has 98 valence electrons. The summed E-state index contributed by atoms with van der Waals surface area (Å²) >= 11 is 2.97. The first kappa shape index (κ1) is 13.8. The van der Waals surface area contributed by atoms with Crippen LogP contribution in [0.1, 0.15) is 28.9 Å². The predicted molar refractivity (Wildman–Crippen MR) is 71.0 cm³/mol. The summed E-state index contributed by atoms with van der Waals surface area (Å²) in [5, 5.41) is 0. The Bertz CT molecular complexity index is 593. The van der Waals surface area contributed by atoms with E-state index >= 15 is 0 Å². The molecule has 5 heteroatoms. The van der Waals surface area contributed by atoms with E-state index in [9.17, 15) is 13.6 Å². The van der Waals surface area contributed by atoms with E-state index in [1.54, 1.807) is 25.1 Å². The van der Waals surface area contributed by atoms with Crippen molar-refractivity contribution in [2.75, 3.05) is 0 Å². The van der Waals surface area contributed by atoms with Crippen LogP contribution in [-0.4, -0.2) is 10.8 Å². The molecule has 19 heavy (non-hydrogen) atoms. The van der Waals surface area contributed by atoms with Gasteiger partial charge < -0.3 is 0 Å². The minimum atomic E-state index is -0.875. The van der Waals surface area contributed by atoms with E-state index in [0.717, 1.165) is 12.1 Å². The Morgan fingerprint density at radius 2 is 1.89 bits per heavy atom. The Kier molecular flexibility index (Phi) is 4.04. The van der Waals surface area contributed by atoms with Crippen LogP contribution in [0.3, 0.4) is 0 Å². The Labute approximate surface area is 117 Å². The summed E-state index contributed by atoms with van der Waals surface area (Å²) in [5.74, 6) is -3.08. The van der Waals surface area contributed by atoms with Crippen molar-refractivity contribution in [3.63, 3.8) is 0 Å². The molecule has 0 aliphatic carbocycles. The van der Waals surface area contributed by atoms with Crippen molar-refractivity contribution in [1.82, 2.24) is 4.98 Å². The number of ketones is 1. The third kappa shape index (κ3) is 2.87. The second-order valence-electron chi connectivity index (χ2n) is 4.08. The highest BCUT2D eigenvalue weighted by molar-refractivity contribution is 9.10. The van der Waals surface area contributed by atoms with Crippen molar-refractivity contribution in [3.05, 3.63) is 63.9 Å². The van der Waals surface area contributed by atoms with Gasteiger partial charge in [-0.1, -0.05) is 22.0 Å². The highest BCUT2D eigenvalue weighted by atomic mass is 79.9. The van der Waals surface area contributed by atoms with Crippen LogP contribution in [0.25, 0.3) is 0 Å². The molecule has 1 atom stereocenters. The Balaban J connectivity index is 2.40. The van der Waals surface area contributed by atoms with Gasteiger partial charge in [-0.25, -0.2) is 8.78 Å². The molecule has 1 aromatic heterocycles. The molecule has 0 saturated heterocycles. The van der Waals surface area contributed by atoms with Crippen LogP contribution in [0.4, 0.5) is 8.78 Å². The van der Waals surface area contributed by atoms with E-state index in [4.69, 9.17) is 0 Å². The van der Waals surface area contributed by atoms with Crippen molar-refractivity contribution < 1.29 is 13.6 Å². The summed E-state index contributed by atoms with van der Waals surface area (Å²) in [4.78, 5) is 16.2. The maximum Gasteiger partial charge on any atom is 0.177 e. The molecule has 1 aromatic carbocycles. The molecule has 1 heterocycles. The zero-order valence-corrected chi connectivity index (χ0v) is 11.6. The summed E-state index contributed by atoms with van der Waals surface area (Å²) in [5.41, 5.74) is -0.0458. The number of pyridine rings is 1. The lowest BCUT2D eigenvalue weighted by Gasteiger charge is -2.11. The van der Waals surface area contributed by atoms with Crippen LogP contribution in [0.15, 0.2) is 41.0 Å². The molecule has 2 nitrogen and oxygen atoms in total. The summed E-state index contributed by atoms with van der Waals surface area (Å²) < 4.78 is 27.7. The largest absolute Gasteiger partial charge is 0.293 e. The molecule has 0 spiro atoms. The highest BCUT2D eigenvalue weighted by Crippen LogP contribution is 2.25. The molecule has 0 fully saturated rings. The summed E-state index contributed by atoms with van der Waals surface area (Å²) in [6.45, 7) is 1.57. The number of halogens is 3. The Morgan fingerprint density at radius 3 is 2.42 bits per heavy atom. The lowest BCUT2D eigenvalue weighted by atomic mass is 9.95. The Hall–Kier alpha value is -1.62. The van der Waals surface area contributed by atoms with Crippen LogP contribution in [0.2, 0.25) is 0 Å². The van der Waals surface area contributed by atoms with Crippen LogP contribution in [0.5, 0.6) is 0 Å². The van der Waals surface area contributed by atoms with Gasteiger partial charge in [0.2, 0.25) is 0 Å². The van der Waals surface area contributed by atoms with Crippen LogP contribution >= 0.6 is 15.9 Å². The molecule has 0 saturated carbocycles. The van der Waals surface area contributed by atoms with Crippen LogP contribution in [-0.2, 0) is 0 Å². The fourth-order valence-corrected chi connectivity index (χ4v) is 2.16. The maximum atomic E-state index is 13.7. The smallest absolute Gasteiger partial charge is 0.177 e. The standard InChI is InChI=1S/C14H10BrF2NO/c1-8(12-4-2-3-5-18-12)14(19)13-10(16)6-9(15)7-11(13)17/h2-8H,1H3. The van der Waals surface area contributed by atoms with Gasteiger partial charge in [0.15, 0.2) is 5.78 Å². The molecule has 2 aromatic rings. The molecular formula is C14H10BrF2NO. The summed E-state index contributed by atoms with van der Waals surface area (Å²) in [6, 6.07) is 7.22. The van der Waals surface area contributed by atoms with E-state index < -0.39 is 28.9 Å². The lowest BCUT2D eigenvalue weighted by molar-refractivity contribution is 0.0956. The monoisotopic (exact) mass is 325 g/mol. The number of hydrogen-bond donors (Lipinski definition) is 0. The molecule has 0 aliphatic rings. The summed E-state index contributed by atoms with van der Waals surface area (Å²) in [6.07, 6.45) is 1.54. The first-order valence-corrected chi connectivity index (χ1v) is 6.39. The number of nitrogens with zero attached hydrogens (tertiary/aromatic N) is 1. The zero-order chi connectivity index (χ0) is 14.0. The van der Waals surface area contributed by atoms with Crippen LogP contribution in [0, 0.1) is 11.6 Å². The summed E-state index contributed by atoms with van der Waals surface area (Å²) in [7, 11) is 0. The highest BCUT2D eigenvalue weighted by Gasteiger charge is 2.25. The number of benzene rings is 1.